The molecule has 1 saturated carbocycles. The monoisotopic (exact) mass is 239 g/mol. The molecule has 0 bridgehead atoms. The highest BCUT2D eigenvalue weighted by Crippen LogP contribution is 2.27. The summed E-state index contributed by atoms with van der Waals surface area (Å²) in [6.07, 6.45) is -2.67. The number of carboxylic acids is 1. The van der Waals surface area contributed by atoms with Crippen molar-refractivity contribution < 1.29 is 27.9 Å². The fourth-order valence-corrected chi connectivity index (χ4v) is 1.89. The van der Waals surface area contributed by atoms with Crippen molar-refractivity contribution in [3.8, 4) is 0 Å². The van der Waals surface area contributed by atoms with Gasteiger partial charge < -0.3 is 10.0 Å². The maximum absolute atomic E-state index is 12.2. The number of hydrogen-bond donors (Lipinski definition) is 1. The summed E-state index contributed by atoms with van der Waals surface area (Å²) in [5, 5.41) is 8.50. The molecule has 4 nitrogen and oxygen atoms in total. The molecule has 0 aliphatic heterocycles. The number of amides is 1. The van der Waals surface area contributed by atoms with Crippen LogP contribution in [0.4, 0.5) is 13.2 Å². The lowest BCUT2D eigenvalue weighted by molar-refractivity contribution is -0.189. The van der Waals surface area contributed by atoms with Crippen molar-refractivity contribution in [2.75, 3.05) is 6.54 Å². The number of aliphatic carboxylic acids is 1. The van der Waals surface area contributed by atoms with Gasteiger partial charge >= 0.3 is 18.1 Å². The Kier molecular flexibility index (Phi) is 3.77. The molecule has 1 aliphatic rings. The van der Waals surface area contributed by atoms with Crippen LogP contribution in [-0.4, -0.2) is 40.6 Å². The zero-order chi connectivity index (χ0) is 12.3. The molecule has 7 heteroatoms. The number of carboxylic acid groups (broad SMARTS) is 1. The first-order chi connectivity index (χ1) is 7.32. The van der Waals surface area contributed by atoms with Crippen molar-refractivity contribution in [1.29, 1.82) is 0 Å². The number of rotatable bonds is 3. The summed E-state index contributed by atoms with van der Waals surface area (Å²) in [7, 11) is 0. The van der Waals surface area contributed by atoms with E-state index in [4.69, 9.17) is 5.11 Å². The lowest BCUT2D eigenvalue weighted by Crippen LogP contribution is -2.48. The molecule has 1 fully saturated rings. The van der Waals surface area contributed by atoms with Crippen LogP contribution >= 0.6 is 0 Å². The summed E-state index contributed by atoms with van der Waals surface area (Å²) >= 11 is 0. The van der Waals surface area contributed by atoms with E-state index >= 15 is 0 Å². The summed E-state index contributed by atoms with van der Waals surface area (Å²) in [6, 6.07) is -0.592. The summed E-state index contributed by atoms with van der Waals surface area (Å²) in [6.45, 7) is -0.886. The number of alkyl halides is 3. The van der Waals surface area contributed by atoms with Crippen molar-refractivity contribution in [2.24, 2.45) is 0 Å². The predicted molar refractivity (Wildman–Crippen MR) is 47.7 cm³/mol. The highest BCUT2D eigenvalue weighted by molar-refractivity contribution is 5.85. The van der Waals surface area contributed by atoms with Crippen LogP contribution in [0.5, 0.6) is 0 Å². The van der Waals surface area contributed by atoms with Gasteiger partial charge in [-0.1, -0.05) is 12.8 Å². The Labute approximate surface area is 90.0 Å². The molecule has 16 heavy (non-hydrogen) atoms. The fourth-order valence-electron chi connectivity index (χ4n) is 1.89. The summed E-state index contributed by atoms with van der Waals surface area (Å²) in [5.74, 6) is -3.48. The van der Waals surface area contributed by atoms with Gasteiger partial charge in [0.25, 0.3) is 0 Å². The van der Waals surface area contributed by atoms with Crippen molar-refractivity contribution in [1.82, 2.24) is 4.90 Å². The molecular formula is C9H12F3NO3. The van der Waals surface area contributed by atoms with E-state index in [9.17, 15) is 22.8 Å². The van der Waals surface area contributed by atoms with Crippen LogP contribution in [0.2, 0.25) is 0 Å². The molecule has 1 amide bonds. The minimum Gasteiger partial charge on any atom is -0.480 e. The molecular weight excluding hydrogens is 227 g/mol. The van der Waals surface area contributed by atoms with Crippen molar-refractivity contribution >= 4 is 11.9 Å². The van der Waals surface area contributed by atoms with E-state index in [1.807, 2.05) is 0 Å². The molecule has 1 rings (SSSR count). The van der Waals surface area contributed by atoms with Gasteiger partial charge in [0.2, 0.25) is 0 Å². The molecule has 0 aromatic heterocycles. The Morgan fingerprint density at radius 1 is 1.25 bits per heavy atom. The standard InChI is InChI=1S/C9H12F3NO3/c10-9(11,12)8(16)13(5-7(14)15)6-3-1-2-4-6/h6H,1-5H2,(H,14,15). The van der Waals surface area contributed by atoms with Gasteiger partial charge in [-0.15, -0.1) is 0 Å². The van der Waals surface area contributed by atoms with E-state index in [1.54, 1.807) is 0 Å². The zero-order valence-corrected chi connectivity index (χ0v) is 8.46. The smallest absolute Gasteiger partial charge is 0.471 e. The second-order valence-corrected chi connectivity index (χ2v) is 3.76. The Balaban J connectivity index is 2.77. The average Bonchev–Trinajstić information content (AvgIpc) is 2.63. The molecule has 1 N–H and O–H groups in total. The third kappa shape index (κ3) is 3.11. The van der Waals surface area contributed by atoms with Gasteiger partial charge in [0, 0.05) is 6.04 Å². The molecule has 0 unspecified atom stereocenters. The third-order valence-electron chi connectivity index (χ3n) is 2.57. The number of carbonyl (C=O) groups is 2. The topological polar surface area (TPSA) is 57.6 Å². The molecule has 0 saturated heterocycles. The van der Waals surface area contributed by atoms with E-state index in [2.05, 4.69) is 0 Å². The number of carbonyl (C=O) groups excluding carboxylic acids is 1. The molecule has 0 atom stereocenters. The van der Waals surface area contributed by atoms with Crippen LogP contribution in [0, 0.1) is 0 Å². The average molecular weight is 239 g/mol. The predicted octanol–water partition coefficient (Wildman–Crippen LogP) is 1.40. The molecule has 0 spiro atoms. The number of nitrogens with zero attached hydrogens (tertiary/aromatic N) is 1. The van der Waals surface area contributed by atoms with Crippen molar-refractivity contribution in [3.05, 3.63) is 0 Å². The summed E-state index contributed by atoms with van der Waals surface area (Å²) in [5.41, 5.74) is 0. The number of halogens is 3. The van der Waals surface area contributed by atoms with Gasteiger partial charge in [-0.05, 0) is 12.8 Å². The van der Waals surface area contributed by atoms with Crippen LogP contribution in [-0.2, 0) is 9.59 Å². The Bertz CT molecular complexity index is 284. The summed E-state index contributed by atoms with van der Waals surface area (Å²) in [4.78, 5) is 21.9. The van der Waals surface area contributed by atoms with Crippen molar-refractivity contribution in [3.63, 3.8) is 0 Å². The van der Waals surface area contributed by atoms with Crippen LogP contribution in [0.15, 0.2) is 0 Å². The van der Waals surface area contributed by atoms with E-state index in [1.165, 1.54) is 0 Å². The molecule has 1 aliphatic carbocycles. The van der Waals surface area contributed by atoms with Gasteiger partial charge in [0.15, 0.2) is 0 Å². The minimum absolute atomic E-state index is 0.426. The van der Waals surface area contributed by atoms with E-state index in [0.29, 0.717) is 17.7 Å². The first-order valence-corrected chi connectivity index (χ1v) is 4.92. The zero-order valence-electron chi connectivity index (χ0n) is 8.46. The van der Waals surface area contributed by atoms with E-state index in [-0.39, 0.29) is 0 Å². The van der Waals surface area contributed by atoms with E-state index < -0.39 is 30.6 Å². The summed E-state index contributed by atoms with van der Waals surface area (Å²) < 4.78 is 36.7. The Hall–Kier alpha value is -1.27. The van der Waals surface area contributed by atoms with Gasteiger partial charge in [0.05, 0.1) is 0 Å². The first-order valence-electron chi connectivity index (χ1n) is 4.92. The third-order valence-corrected chi connectivity index (χ3v) is 2.57. The second kappa shape index (κ2) is 4.71. The first kappa shape index (κ1) is 12.8. The fraction of sp³-hybridized carbons (Fsp3) is 0.778. The highest BCUT2D eigenvalue weighted by Gasteiger charge is 2.45. The van der Waals surface area contributed by atoms with Gasteiger partial charge in [-0.3, -0.25) is 9.59 Å². The largest absolute Gasteiger partial charge is 0.480 e. The lowest BCUT2D eigenvalue weighted by Gasteiger charge is -2.27. The van der Waals surface area contributed by atoms with E-state index in [0.717, 1.165) is 12.8 Å². The maximum atomic E-state index is 12.2. The highest BCUT2D eigenvalue weighted by atomic mass is 19.4. The number of hydrogen-bond acceptors (Lipinski definition) is 2. The Morgan fingerprint density at radius 3 is 2.12 bits per heavy atom. The van der Waals surface area contributed by atoms with Crippen LogP contribution in [0.3, 0.4) is 0 Å². The molecule has 0 aromatic rings. The van der Waals surface area contributed by atoms with Crippen LogP contribution in [0.1, 0.15) is 25.7 Å². The van der Waals surface area contributed by atoms with Crippen molar-refractivity contribution in [2.45, 2.75) is 37.9 Å². The normalized spacial score (nSPS) is 17.4. The maximum Gasteiger partial charge on any atom is 0.471 e. The van der Waals surface area contributed by atoms with Gasteiger partial charge in [-0.2, -0.15) is 13.2 Å². The van der Waals surface area contributed by atoms with Crippen LogP contribution < -0.4 is 0 Å². The van der Waals surface area contributed by atoms with Crippen LogP contribution in [0.25, 0.3) is 0 Å². The quantitative estimate of drug-likeness (QED) is 0.810. The lowest BCUT2D eigenvalue weighted by atomic mass is 10.2. The minimum atomic E-state index is -5.00. The van der Waals surface area contributed by atoms with Gasteiger partial charge in [-0.25, -0.2) is 0 Å². The molecule has 92 valence electrons. The molecule has 0 heterocycles. The SMILES string of the molecule is O=C(O)CN(C(=O)C(F)(F)F)C1CCCC1. The molecule has 0 aromatic carbocycles. The Morgan fingerprint density at radius 2 is 1.75 bits per heavy atom. The second-order valence-electron chi connectivity index (χ2n) is 3.76. The van der Waals surface area contributed by atoms with Gasteiger partial charge in [0.1, 0.15) is 6.54 Å². The molecule has 0 radical (unpaired) electrons.